The summed E-state index contributed by atoms with van der Waals surface area (Å²) in [4.78, 5) is 29.6. The van der Waals surface area contributed by atoms with Gasteiger partial charge in [0.25, 0.3) is 5.91 Å². The Kier molecular flexibility index (Phi) is 5.20. The molecule has 0 unspecified atom stereocenters. The summed E-state index contributed by atoms with van der Waals surface area (Å²) in [5.74, 6) is 0.147. The fourth-order valence-corrected chi connectivity index (χ4v) is 2.73. The number of hydrogen-bond acceptors (Lipinski definition) is 6. The molecule has 0 atom stereocenters. The number of amides is 1. The SMILES string of the molecule is Cc1ncc(NC(=O)c2ccccn2)cc1Nc1nccc(-c2ccccc2)n1. The van der Waals surface area contributed by atoms with E-state index in [4.69, 9.17) is 0 Å². The molecule has 7 nitrogen and oxygen atoms in total. The Hall–Kier alpha value is -4.13. The molecule has 0 spiro atoms. The zero-order chi connectivity index (χ0) is 20.1. The van der Waals surface area contributed by atoms with Crippen molar-refractivity contribution in [1.82, 2.24) is 19.9 Å². The van der Waals surface area contributed by atoms with E-state index in [-0.39, 0.29) is 5.91 Å². The molecular weight excluding hydrogens is 364 g/mol. The van der Waals surface area contributed by atoms with Gasteiger partial charge in [-0.2, -0.15) is 0 Å². The zero-order valence-corrected chi connectivity index (χ0v) is 15.7. The fourth-order valence-electron chi connectivity index (χ4n) is 2.73. The highest BCUT2D eigenvalue weighted by molar-refractivity contribution is 6.03. The van der Waals surface area contributed by atoms with Crippen LogP contribution in [0.15, 0.2) is 79.3 Å². The van der Waals surface area contributed by atoms with Crippen LogP contribution >= 0.6 is 0 Å². The number of aryl methyl sites for hydroxylation is 1. The third kappa shape index (κ3) is 4.41. The molecule has 2 N–H and O–H groups in total. The van der Waals surface area contributed by atoms with Crippen LogP contribution in [0.1, 0.15) is 16.2 Å². The molecule has 0 radical (unpaired) electrons. The molecule has 0 saturated carbocycles. The molecule has 29 heavy (non-hydrogen) atoms. The monoisotopic (exact) mass is 382 g/mol. The molecule has 4 aromatic rings. The average Bonchev–Trinajstić information content (AvgIpc) is 2.77. The molecule has 0 aliphatic heterocycles. The van der Waals surface area contributed by atoms with Crippen molar-refractivity contribution in [2.75, 3.05) is 10.6 Å². The summed E-state index contributed by atoms with van der Waals surface area (Å²) < 4.78 is 0. The van der Waals surface area contributed by atoms with Gasteiger partial charge in [0.15, 0.2) is 0 Å². The number of nitrogens with one attached hydrogen (secondary N) is 2. The molecule has 3 heterocycles. The van der Waals surface area contributed by atoms with Crippen LogP contribution < -0.4 is 10.6 Å². The largest absolute Gasteiger partial charge is 0.322 e. The standard InChI is InChI=1S/C22H18N6O/c1-15-20(13-17(14-25-15)26-21(29)19-9-5-6-11-23-19)28-22-24-12-10-18(27-22)16-7-3-2-4-8-16/h2-14H,1H3,(H,26,29)(H,24,27,28). The topological polar surface area (TPSA) is 92.7 Å². The van der Waals surface area contributed by atoms with Crippen molar-refractivity contribution in [3.8, 4) is 11.3 Å². The molecule has 3 aromatic heterocycles. The highest BCUT2D eigenvalue weighted by Gasteiger charge is 2.10. The van der Waals surface area contributed by atoms with Gasteiger partial charge in [0, 0.05) is 18.0 Å². The van der Waals surface area contributed by atoms with Gasteiger partial charge in [0.05, 0.1) is 29.0 Å². The van der Waals surface area contributed by atoms with E-state index in [1.165, 1.54) is 0 Å². The molecule has 0 fully saturated rings. The summed E-state index contributed by atoms with van der Waals surface area (Å²) in [5, 5.41) is 5.99. The minimum absolute atomic E-state index is 0.301. The van der Waals surface area contributed by atoms with Crippen molar-refractivity contribution < 1.29 is 4.79 Å². The number of nitrogens with zero attached hydrogens (tertiary/aromatic N) is 4. The fraction of sp³-hybridized carbons (Fsp3) is 0.0455. The van der Waals surface area contributed by atoms with Crippen LogP contribution in [-0.2, 0) is 0 Å². The van der Waals surface area contributed by atoms with Crippen LogP contribution in [0.25, 0.3) is 11.3 Å². The Morgan fingerprint density at radius 3 is 2.52 bits per heavy atom. The highest BCUT2D eigenvalue weighted by Crippen LogP contribution is 2.23. The van der Waals surface area contributed by atoms with Crippen molar-refractivity contribution in [2.45, 2.75) is 6.92 Å². The molecular formula is C22H18N6O. The van der Waals surface area contributed by atoms with Gasteiger partial charge < -0.3 is 10.6 Å². The Morgan fingerprint density at radius 2 is 1.72 bits per heavy atom. The maximum atomic E-state index is 12.3. The van der Waals surface area contributed by atoms with E-state index in [0.717, 1.165) is 17.0 Å². The predicted molar refractivity (Wildman–Crippen MR) is 112 cm³/mol. The Bertz CT molecular complexity index is 1130. The van der Waals surface area contributed by atoms with Gasteiger partial charge >= 0.3 is 0 Å². The van der Waals surface area contributed by atoms with Gasteiger partial charge in [-0.1, -0.05) is 36.4 Å². The van der Waals surface area contributed by atoms with Crippen molar-refractivity contribution >= 4 is 23.2 Å². The molecule has 0 aliphatic carbocycles. The molecule has 7 heteroatoms. The van der Waals surface area contributed by atoms with E-state index in [1.807, 2.05) is 43.3 Å². The van der Waals surface area contributed by atoms with E-state index < -0.39 is 0 Å². The maximum absolute atomic E-state index is 12.3. The molecule has 1 aromatic carbocycles. The second-order valence-corrected chi connectivity index (χ2v) is 6.28. The molecule has 0 bridgehead atoms. The van der Waals surface area contributed by atoms with Gasteiger partial charge in [0.1, 0.15) is 5.69 Å². The minimum atomic E-state index is -0.301. The maximum Gasteiger partial charge on any atom is 0.274 e. The van der Waals surface area contributed by atoms with Crippen molar-refractivity contribution in [2.24, 2.45) is 0 Å². The van der Waals surface area contributed by atoms with Crippen LogP contribution in [0.5, 0.6) is 0 Å². The number of aromatic nitrogens is 4. The summed E-state index contributed by atoms with van der Waals surface area (Å²) in [6, 6.07) is 18.7. The normalized spacial score (nSPS) is 10.4. The lowest BCUT2D eigenvalue weighted by molar-refractivity contribution is 0.102. The summed E-state index contributed by atoms with van der Waals surface area (Å²) in [6.07, 6.45) is 4.88. The van der Waals surface area contributed by atoms with E-state index in [9.17, 15) is 4.79 Å². The predicted octanol–water partition coefficient (Wildman–Crippen LogP) is 4.24. The number of carbonyl (C=O) groups is 1. The number of carbonyl (C=O) groups excluding carboxylic acids is 1. The lowest BCUT2D eigenvalue weighted by Gasteiger charge is -2.11. The van der Waals surface area contributed by atoms with Crippen molar-refractivity contribution in [1.29, 1.82) is 0 Å². The quantitative estimate of drug-likeness (QED) is 0.536. The van der Waals surface area contributed by atoms with Gasteiger partial charge in [-0.25, -0.2) is 9.97 Å². The summed E-state index contributed by atoms with van der Waals surface area (Å²) in [6.45, 7) is 1.87. The molecule has 1 amide bonds. The Morgan fingerprint density at radius 1 is 0.897 bits per heavy atom. The second-order valence-electron chi connectivity index (χ2n) is 6.28. The molecule has 0 aliphatic rings. The summed E-state index contributed by atoms with van der Waals surface area (Å²) in [5.41, 5.74) is 4.16. The number of pyridine rings is 2. The van der Waals surface area contributed by atoms with Crippen LogP contribution in [0, 0.1) is 6.92 Å². The zero-order valence-electron chi connectivity index (χ0n) is 15.7. The van der Waals surface area contributed by atoms with Gasteiger partial charge in [-0.05, 0) is 31.2 Å². The lowest BCUT2D eigenvalue weighted by atomic mass is 10.1. The Labute approximate surface area is 167 Å². The summed E-state index contributed by atoms with van der Waals surface area (Å²) in [7, 11) is 0. The first-order chi connectivity index (χ1) is 14.2. The van der Waals surface area contributed by atoms with E-state index in [2.05, 4.69) is 30.6 Å². The number of anilines is 3. The van der Waals surface area contributed by atoms with Gasteiger partial charge in [-0.15, -0.1) is 0 Å². The first-order valence-electron chi connectivity index (χ1n) is 9.03. The van der Waals surface area contributed by atoms with Gasteiger partial charge in [0.2, 0.25) is 5.95 Å². The highest BCUT2D eigenvalue weighted by atomic mass is 16.1. The van der Waals surface area contributed by atoms with Crippen LogP contribution in [0.3, 0.4) is 0 Å². The minimum Gasteiger partial charge on any atom is -0.322 e. The molecule has 0 saturated heterocycles. The van der Waals surface area contributed by atoms with Crippen molar-refractivity contribution in [3.05, 3.63) is 90.6 Å². The first-order valence-corrected chi connectivity index (χ1v) is 9.03. The molecule has 142 valence electrons. The van der Waals surface area contributed by atoms with Crippen molar-refractivity contribution in [3.63, 3.8) is 0 Å². The average molecular weight is 382 g/mol. The molecule has 4 rings (SSSR count). The Balaban J connectivity index is 1.55. The first kappa shape index (κ1) is 18.2. The van der Waals surface area contributed by atoms with Crippen LogP contribution in [-0.4, -0.2) is 25.8 Å². The smallest absolute Gasteiger partial charge is 0.274 e. The number of benzene rings is 1. The second kappa shape index (κ2) is 8.26. The van der Waals surface area contributed by atoms with Crippen LogP contribution in [0.2, 0.25) is 0 Å². The number of hydrogen-bond donors (Lipinski definition) is 2. The van der Waals surface area contributed by atoms with Crippen LogP contribution in [0.4, 0.5) is 17.3 Å². The van der Waals surface area contributed by atoms with E-state index >= 15 is 0 Å². The lowest BCUT2D eigenvalue weighted by Crippen LogP contribution is -2.14. The third-order valence-corrected chi connectivity index (χ3v) is 4.21. The van der Waals surface area contributed by atoms with E-state index in [0.29, 0.717) is 23.0 Å². The third-order valence-electron chi connectivity index (χ3n) is 4.21. The van der Waals surface area contributed by atoms with E-state index in [1.54, 1.807) is 42.9 Å². The number of rotatable bonds is 5. The van der Waals surface area contributed by atoms with Gasteiger partial charge in [-0.3, -0.25) is 14.8 Å². The summed E-state index contributed by atoms with van der Waals surface area (Å²) >= 11 is 0.